The third kappa shape index (κ3) is 8.52. The van der Waals surface area contributed by atoms with Crippen LogP contribution in [0.25, 0.3) is 44.2 Å². The van der Waals surface area contributed by atoms with Crippen molar-refractivity contribution >= 4 is 45.8 Å². The van der Waals surface area contributed by atoms with Gasteiger partial charge in [0.05, 0.1) is 49.2 Å². The summed E-state index contributed by atoms with van der Waals surface area (Å²) in [6.45, 7) is 6.76. The van der Waals surface area contributed by atoms with Crippen molar-refractivity contribution in [3.05, 3.63) is 65.9 Å². The van der Waals surface area contributed by atoms with Crippen LogP contribution in [0.1, 0.15) is 107 Å². The van der Waals surface area contributed by atoms with Crippen molar-refractivity contribution in [1.82, 2.24) is 40.4 Å². The molecule has 4 saturated heterocycles. The Morgan fingerprint density at radius 3 is 1.91 bits per heavy atom. The average Bonchev–Trinajstić information content (AvgIpc) is 4.22. The van der Waals surface area contributed by atoms with E-state index in [4.69, 9.17) is 33.7 Å². The summed E-state index contributed by atoms with van der Waals surface area (Å²) in [5.74, 6) is 1.89. The number of hydrogen-bond donors (Lipinski definition) is 4. The number of nitrogens with one attached hydrogen (secondary N) is 4. The number of hydrogen-bond acceptors (Lipinski definition) is 11. The summed E-state index contributed by atoms with van der Waals surface area (Å²) in [7, 11) is 2.64. The van der Waals surface area contributed by atoms with Crippen LogP contribution < -0.4 is 15.4 Å². The molecule has 0 aliphatic carbocycles. The third-order valence-corrected chi connectivity index (χ3v) is 15.3. The van der Waals surface area contributed by atoms with Crippen molar-refractivity contribution in [2.75, 3.05) is 40.6 Å². The monoisotopic (exact) mass is 930 g/mol. The molecule has 0 spiro atoms. The van der Waals surface area contributed by atoms with E-state index in [0.29, 0.717) is 58.7 Å². The smallest absolute Gasteiger partial charge is 0.407 e. The molecule has 3 aromatic carbocycles. The second-order valence-electron chi connectivity index (χ2n) is 18.9. The first-order valence-electron chi connectivity index (χ1n) is 24.4. The molecule has 0 saturated carbocycles. The van der Waals surface area contributed by atoms with E-state index in [2.05, 4.69) is 76.9 Å². The molecule has 17 heteroatoms. The van der Waals surface area contributed by atoms with Crippen molar-refractivity contribution in [2.24, 2.45) is 11.8 Å². The van der Waals surface area contributed by atoms with Crippen LogP contribution in [0, 0.1) is 11.8 Å². The van der Waals surface area contributed by atoms with Crippen molar-refractivity contribution in [1.29, 1.82) is 0 Å². The normalized spacial score (nSPS) is 22.9. The molecule has 4 N–H and O–H groups in total. The summed E-state index contributed by atoms with van der Waals surface area (Å²) in [6.07, 6.45) is 8.09. The maximum atomic E-state index is 14.6. The molecule has 0 unspecified atom stereocenters. The van der Waals surface area contributed by atoms with Crippen LogP contribution in [0.3, 0.4) is 0 Å². The molecule has 10 rings (SSSR count). The van der Waals surface area contributed by atoms with Crippen LogP contribution in [0.4, 0.5) is 9.59 Å². The molecule has 0 radical (unpaired) electrons. The lowest BCUT2D eigenvalue weighted by Gasteiger charge is -2.36. The van der Waals surface area contributed by atoms with Crippen molar-refractivity contribution in [3.8, 4) is 28.1 Å². The molecule has 5 aliphatic heterocycles. The molecule has 0 bridgehead atoms. The number of alkyl carbamates (subject to hydrolysis) is 2. The minimum absolute atomic E-state index is 0.0102. The molecule has 360 valence electrons. The Labute approximate surface area is 395 Å². The van der Waals surface area contributed by atoms with E-state index in [0.717, 1.165) is 106 Å². The Bertz CT molecular complexity index is 2690. The van der Waals surface area contributed by atoms with Gasteiger partial charge in [0.1, 0.15) is 36.1 Å². The van der Waals surface area contributed by atoms with E-state index in [-0.39, 0.29) is 47.8 Å². The van der Waals surface area contributed by atoms with Gasteiger partial charge in [0.15, 0.2) is 0 Å². The minimum Gasteiger partial charge on any atom is -0.488 e. The number of benzene rings is 3. The van der Waals surface area contributed by atoms with Gasteiger partial charge in [0.2, 0.25) is 11.8 Å². The topological polar surface area (TPSA) is 202 Å². The van der Waals surface area contributed by atoms with Crippen molar-refractivity contribution < 1.29 is 42.9 Å². The number of fused-ring (bicyclic) bond motifs is 6. The number of amides is 4. The van der Waals surface area contributed by atoms with E-state index < -0.39 is 24.3 Å². The largest absolute Gasteiger partial charge is 0.488 e. The zero-order valence-electron chi connectivity index (χ0n) is 39.3. The van der Waals surface area contributed by atoms with Gasteiger partial charge in [0.25, 0.3) is 0 Å². The molecule has 5 aromatic rings. The van der Waals surface area contributed by atoms with E-state index in [1.165, 1.54) is 14.2 Å². The molecular weight excluding hydrogens is 869 g/mol. The molecule has 6 atom stereocenters. The van der Waals surface area contributed by atoms with Gasteiger partial charge in [-0.1, -0.05) is 32.0 Å². The Hall–Kier alpha value is -6.20. The standard InChI is InChI=1S/C51H62N8O9/c1-5-33-9-13-40(58(33)48(60)43(56-50(62)64-3)28-15-19-66-20-16-28)46-52-26-39(54-46)31-7-11-35-32(23-31)27-68-42-25-36-30(24-37(35)42)8-12-38-45(36)55-47(53-38)41-14-10-34(6-2)59(41)49(61)44(57-51(63)65-4)29-17-21-67-22-18-29/h7-8,11-12,23-26,28-29,33-34,40-41,43-44H,5-6,9-10,13-22,27H2,1-4H3,(H,52,54)(H,53,55)(H,56,62)(H,57,63)/t33-,34-,40-,41-,43-,44-/m0/s1. The number of imidazole rings is 2. The molecule has 4 fully saturated rings. The van der Waals surface area contributed by atoms with Crippen LogP contribution in [0.15, 0.2) is 48.7 Å². The predicted octanol–water partition coefficient (Wildman–Crippen LogP) is 7.85. The zero-order chi connectivity index (χ0) is 47.1. The summed E-state index contributed by atoms with van der Waals surface area (Å²) in [6, 6.07) is 12.8. The molecule has 4 amide bonds. The summed E-state index contributed by atoms with van der Waals surface area (Å²) in [5, 5.41) is 7.72. The second-order valence-corrected chi connectivity index (χ2v) is 18.9. The molecular formula is C51H62N8O9. The van der Waals surface area contributed by atoms with E-state index in [9.17, 15) is 19.2 Å². The number of methoxy groups -OCH3 is 2. The van der Waals surface area contributed by atoms with Gasteiger partial charge in [-0.3, -0.25) is 9.59 Å². The fourth-order valence-corrected chi connectivity index (χ4v) is 11.6. The first-order chi connectivity index (χ1) is 33.2. The SMILES string of the molecule is CC[C@H]1CC[C@@H](c2ncc(-c3ccc4c(c3)COc3cc5c(ccc6[nH]c([C@@H]7CC[C@H](CC)N7C(=O)[C@@H](NC(=O)OC)C7CCOCC7)nc65)cc3-4)[nH]2)N1C(=O)[C@@H](NC(=O)OC)C1CCOCC1. The summed E-state index contributed by atoms with van der Waals surface area (Å²) in [5.41, 5.74) is 6.61. The highest BCUT2D eigenvalue weighted by molar-refractivity contribution is 6.07. The van der Waals surface area contributed by atoms with Gasteiger partial charge < -0.3 is 54.1 Å². The van der Waals surface area contributed by atoms with Gasteiger partial charge >= 0.3 is 12.2 Å². The Morgan fingerprint density at radius 1 is 0.721 bits per heavy atom. The van der Waals surface area contributed by atoms with E-state index in [1.807, 2.05) is 16.0 Å². The number of aromatic nitrogens is 4. The molecule has 17 nitrogen and oxygen atoms in total. The highest BCUT2D eigenvalue weighted by Gasteiger charge is 2.46. The van der Waals surface area contributed by atoms with Crippen LogP contribution in [0.2, 0.25) is 0 Å². The fraction of sp³-hybridized carbons (Fsp3) is 0.529. The second kappa shape index (κ2) is 19.4. The fourth-order valence-electron chi connectivity index (χ4n) is 11.6. The number of rotatable bonds is 11. The highest BCUT2D eigenvalue weighted by atomic mass is 16.5. The van der Waals surface area contributed by atoms with Crippen LogP contribution in [-0.2, 0) is 35.1 Å². The summed E-state index contributed by atoms with van der Waals surface area (Å²) >= 11 is 0. The van der Waals surface area contributed by atoms with Crippen LogP contribution in [-0.4, -0.2) is 119 Å². The first-order valence-corrected chi connectivity index (χ1v) is 24.4. The van der Waals surface area contributed by atoms with E-state index >= 15 is 0 Å². The van der Waals surface area contributed by atoms with Crippen molar-refractivity contribution in [2.45, 2.75) is 121 Å². The van der Waals surface area contributed by atoms with Gasteiger partial charge in [0, 0.05) is 49.5 Å². The predicted molar refractivity (Wildman–Crippen MR) is 252 cm³/mol. The lowest BCUT2D eigenvalue weighted by atomic mass is 9.90. The van der Waals surface area contributed by atoms with Gasteiger partial charge in [-0.2, -0.15) is 0 Å². The quantitative estimate of drug-likeness (QED) is 0.100. The zero-order valence-corrected chi connectivity index (χ0v) is 39.3. The summed E-state index contributed by atoms with van der Waals surface area (Å²) in [4.78, 5) is 75.2. The Balaban J connectivity index is 0.901. The molecule has 2 aromatic heterocycles. The van der Waals surface area contributed by atoms with Gasteiger partial charge in [-0.25, -0.2) is 19.6 Å². The number of carbonyl (C=O) groups is 4. The first kappa shape index (κ1) is 45.6. The highest BCUT2D eigenvalue weighted by Crippen LogP contribution is 2.45. The number of H-pyrrole nitrogens is 2. The number of carbonyl (C=O) groups excluding carboxylic acids is 4. The minimum atomic E-state index is -0.723. The number of ether oxygens (including phenoxy) is 5. The number of aromatic amines is 2. The Morgan fingerprint density at radius 2 is 1.32 bits per heavy atom. The lowest BCUT2D eigenvalue weighted by Crippen LogP contribution is -2.54. The van der Waals surface area contributed by atoms with Gasteiger partial charge in [-0.05, 0) is 122 Å². The average molecular weight is 931 g/mol. The lowest BCUT2D eigenvalue weighted by molar-refractivity contribution is -0.139. The van der Waals surface area contributed by atoms with Crippen molar-refractivity contribution in [3.63, 3.8) is 0 Å². The molecule has 7 heterocycles. The Kier molecular flexibility index (Phi) is 13.0. The molecule has 5 aliphatic rings. The van der Waals surface area contributed by atoms with E-state index in [1.54, 1.807) is 0 Å². The third-order valence-electron chi connectivity index (χ3n) is 15.3. The maximum absolute atomic E-state index is 14.6. The number of likely N-dealkylation sites (tertiary alicyclic amines) is 2. The van der Waals surface area contributed by atoms with Crippen LogP contribution >= 0.6 is 0 Å². The maximum Gasteiger partial charge on any atom is 0.407 e. The van der Waals surface area contributed by atoms with Crippen LogP contribution in [0.5, 0.6) is 5.75 Å². The van der Waals surface area contributed by atoms with Gasteiger partial charge in [-0.15, -0.1) is 0 Å². The number of nitrogens with zero attached hydrogens (tertiary/aromatic N) is 4. The summed E-state index contributed by atoms with van der Waals surface area (Å²) < 4.78 is 27.6. The molecule has 68 heavy (non-hydrogen) atoms.